The van der Waals surface area contributed by atoms with Crippen molar-refractivity contribution in [3.8, 4) is 5.75 Å². The number of ether oxygens (including phenoxy) is 1. The molecule has 0 fully saturated rings. The van der Waals surface area contributed by atoms with Gasteiger partial charge in [0.1, 0.15) is 5.75 Å². The zero-order chi connectivity index (χ0) is 13.7. The first-order valence-electron chi connectivity index (χ1n) is 6.41. The average molecular weight is 261 g/mol. The summed E-state index contributed by atoms with van der Waals surface area (Å²) in [6, 6.07) is 5.97. The minimum atomic E-state index is 0.316. The molecule has 1 aromatic heterocycles. The minimum Gasteiger partial charge on any atom is -0.485 e. The summed E-state index contributed by atoms with van der Waals surface area (Å²) in [4.78, 5) is 4.26. The van der Waals surface area contributed by atoms with Gasteiger partial charge in [-0.15, -0.1) is 0 Å². The molecule has 0 aliphatic heterocycles. The Hall–Kier alpha value is -1.88. The summed E-state index contributed by atoms with van der Waals surface area (Å²) >= 11 is 0. The smallest absolute Gasteiger partial charge is 0.226 e. The molecular weight excluding hydrogens is 242 g/mol. The van der Waals surface area contributed by atoms with Gasteiger partial charge >= 0.3 is 0 Å². The number of nitrogens with zero attached hydrogens (tertiary/aromatic N) is 2. The Morgan fingerprint density at radius 3 is 2.95 bits per heavy atom. The third-order valence-corrected chi connectivity index (χ3v) is 3.02. The van der Waals surface area contributed by atoms with Crippen LogP contribution in [0.25, 0.3) is 0 Å². The molecule has 1 aromatic carbocycles. The van der Waals surface area contributed by atoms with Crippen molar-refractivity contribution in [2.24, 2.45) is 5.73 Å². The van der Waals surface area contributed by atoms with E-state index in [1.54, 1.807) is 0 Å². The highest BCUT2D eigenvalue weighted by Crippen LogP contribution is 2.21. The molecule has 2 rings (SSSR count). The number of nitrogens with two attached hydrogens (primary N) is 1. The molecule has 102 valence electrons. The molecule has 0 saturated heterocycles. The number of hydrogen-bond acceptors (Lipinski definition) is 5. The average Bonchev–Trinajstić information content (AvgIpc) is 2.86. The summed E-state index contributed by atoms with van der Waals surface area (Å²) in [5.74, 6) is 2.03. The first kappa shape index (κ1) is 13.5. The number of hydrogen-bond donors (Lipinski definition) is 1. The molecule has 2 aromatic rings. The minimum absolute atomic E-state index is 0.316. The van der Waals surface area contributed by atoms with Crippen LogP contribution in [-0.4, -0.2) is 16.7 Å². The summed E-state index contributed by atoms with van der Waals surface area (Å²) in [6.07, 6.45) is 1.56. The van der Waals surface area contributed by atoms with Crippen LogP contribution in [-0.2, 0) is 13.0 Å². The van der Waals surface area contributed by atoms with E-state index in [4.69, 9.17) is 15.0 Å². The number of benzene rings is 1. The Bertz CT molecular complexity index is 537. The molecule has 0 atom stereocenters. The molecule has 0 bridgehead atoms. The van der Waals surface area contributed by atoms with Crippen LogP contribution in [0.3, 0.4) is 0 Å². The van der Waals surface area contributed by atoms with Crippen LogP contribution in [0.15, 0.2) is 22.7 Å². The molecule has 0 radical (unpaired) electrons. The van der Waals surface area contributed by atoms with Crippen LogP contribution in [0.4, 0.5) is 0 Å². The molecule has 0 amide bonds. The fourth-order valence-electron chi connectivity index (χ4n) is 1.73. The number of aromatic nitrogens is 2. The summed E-state index contributed by atoms with van der Waals surface area (Å²) in [7, 11) is 0. The van der Waals surface area contributed by atoms with E-state index in [0.29, 0.717) is 31.3 Å². The van der Waals surface area contributed by atoms with Gasteiger partial charge in [0, 0.05) is 6.42 Å². The van der Waals surface area contributed by atoms with Gasteiger partial charge in [-0.3, -0.25) is 0 Å². The Kier molecular flexibility index (Phi) is 4.52. The van der Waals surface area contributed by atoms with Crippen LogP contribution < -0.4 is 10.5 Å². The van der Waals surface area contributed by atoms with Crippen molar-refractivity contribution in [2.75, 3.05) is 6.54 Å². The third-order valence-electron chi connectivity index (χ3n) is 3.02. The second-order valence-corrected chi connectivity index (χ2v) is 4.48. The van der Waals surface area contributed by atoms with Gasteiger partial charge in [-0.05, 0) is 44.0 Å². The molecule has 1 heterocycles. The molecule has 5 nitrogen and oxygen atoms in total. The van der Waals surface area contributed by atoms with Crippen molar-refractivity contribution in [1.82, 2.24) is 10.1 Å². The molecule has 0 unspecified atom stereocenters. The predicted octanol–water partition coefficient (Wildman–Crippen LogP) is 2.16. The first-order chi connectivity index (χ1) is 9.20. The third kappa shape index (κ3) is 3.54. The molecule has 0 saturated carbocycles. The van der Waals surface area contributed by atoms with Crippen LogP contribution >= 0.6 is 0 Å². The number of aryl methyl sites for hydroxylation is 2. The van der Waals surface area contributed by atoms with Crippen LogP contribution in [0.2, 0.25) is 0 Å². The lowest BCUT2D eigenvalue weighted by Crippen LogP contribution is -2.01. The van der Waals surface area contributed by atoms with E-state index in [9.17, 15) is 0 Å². The predicted molar refractivity (Wildman–Crippen MR) is 71.9 cm³/mol. The zero-order valence-electron chi connectivity index (χ0n) is 11.3. The van der Waals surface area contributed by atoms with Gasteiger partial charge in [-0.2, -0.15) is 4.98 Å². The van der Waals surface area contributed by atoms with E-state index in [1.165, 1.54) is 5.56 Å². The van der Waals surface area contributed by atoms with Gasteiger partial charge < -0.3 is 15.0 Å². The first-order valence-corrected chi connectivity index (χ1v) is 6.41. The van der Waals surface area contributed by atoms with Crippen molar-refractivity contribution < 1.29 is 9.26 Å². The molecule has 0 spiro atoms. The van der Waals surface area contributed by atoms with Gasteiger partial charge in [-0.1, -0.05) is 17.3 Å². The Balaban J connectivity index is 1.95. The van der Waals surface area contributed by atoms with E-state index >= 15 is 0 Å². The normalized spacial score (nSPS) is 10.7. The van der Waals surface area contributed by atoms with Crippen molar-refractivity contribution in [1.29, 1.82) is 0 Å². The molecule has 2 N–H and O–H groups in total. The van der Waals surface area contributed by atoms with Crippen LogP contribution in [0.1, 0.15) is 29.3 Å². The quantitative estimate of drug-likeness (QED) is 0.862. The van der Waals surface area contributed by atoms with Crippen molar-refractivity contribution in [3.05, 3.63) is 41.0 Å². The summed E-state index contributed by atoms with van der Waals surface area (Å²) in [5, 5.41) is 3.88. The van der Waals surface area contributed by atoms with Crippen molar-refractivity contribution >= 4 is 0 Å². The van der Waals surface area contributed by atoms with Crippen LogP contribution in [0, 0.1) is 13.8 Å². The zero-order valence-corrected chi connectivity index (χ0v) is 11.3. The maximum atomic E-state index is 5.71. The van der Waals surface area contributed by atoms with E-state index in [1.807, 2.05) is 19.1 Å². The van der Waals surface area contributed by atoms with Crippen molar-refractivity contribution in [2.45, 2.75) is 33.3 Å². The summed E-state index contributed by atoms with van der Waals surface area (Å²) in [5.41, 5.74) is 7.77. The molecule has 19 heavy (non-hydrogen) atoms. The summed E-state index contributed by atoms with van der Waals surface area (Å²) < 4.78 is 10.8. The molecule has 0 aliphatic rings. The Labute approximate surface area is 112 Å². The van der Waals surface area contributed by atoms with Gasteiger partial charge in [0.25, 0.3) is 0 Å². The number of rotatable bonds is 6. The Morgan fingerprint density at radius 1 is 1.32 bits per heavy atom. The topological polar surface area (TPSA) is 74.2 Å². The van der Waals surface area contributed by atoms with Gasteiger partial charge in [0.05, 0.1) is 0 Å². The highest BCUT2D eigenvalue weighted by molar-refractivity contribution is 5.38. The van der Waals surface area contributed by atoms with Crippen LogP contribution in [0.5, 0.6) is 5.75 Å². The van der Waals surface area contributed by atoms with E-state index in [0.717, 1.165) is 17.7 Å². The highest BCUT2D eigenvalue weighted by Gasteiger charge is 2.08. The van der Waals surface area contributed by atoms with E-state index in [-0.39, 0.29) is 0 Å². The second kappa shape index (κ2) is 6.33. The largest absolute Gasteiger partial charge is 0.485 e. The lowest BCUT2D eigenvalue weighted by atomic mass is 10.1. The highest BCUT2D eigenvalue weighted by atomic mass is 16.5. The maximum absolute atomic E-state index is 5.71. The fraction of sp³-hybridized carbons (Fsp3) is 0.429. The van der Waals surface area contributed by atoms with Gasteiger partial charge in [0.2, 0.25) is 11.7 Å². The SMILES string of the molecule is Cc1cccc(OCc2noc(CCCN)n2)c1C. The monoisotopic (exact) mass is 261 g/mol. The fourth-order valence-corrected chi connectivity index (χ4v) is 1.73. The second-order valence-electron chi connectivity index (χ2n) is 4.48. The summed E-state index contributed by atoms with van der Waals surface area (Å²) in [6.45, 7) is 5.03. The molecular formula is C14H19N3O2. The molecule has 5 heteroatoms. The van der Waals surface area contributed by atoms with E-state index < -0.39 is 0 Å². The molecule has 0 aliphatic carbocycles. The van der Waals surface area contributed by atoms with Crippen molar-refractivity contribution in [3.63, 3.8) is 0 Å². The maximum Gasteiger partial charge on any atom is 0.226 e. The van der Waals surface area contributed by atoms with Gasteiger partial charge in [0.15, 0.2) is 6.61 Å². The van der Waals surface area contributed by atoms with Gasteiger partial charge in [-0.25, -0.2) is 0 Å². The lowest BCUT2D eigenvalue weighted by Gasteiger charge is -2.08. The lowest BCUT2D eigenvalue weighted by molar-refractivity contribution is 0.283. The Morgan fingerprint density at radius 2 is 2.16 bits per heavy atom. The standard InChI is InChI=1S/C14H19N3O2/c1-10-5-3-6-12(11(10)2)18-9-13-16-14(19-17-13)7-4-8-15/h3,5-6H,4,7-9,15H2,1-2H3. The van der Waals surface area contributed by atoms with E-state index in [2.05, 4.69) is 23.1 Å².